The van der Waals surface area contributed by atoms with Crippen LogP contribution >= 0.6 is 31.9 Å². The zero-order valence-corrected chi connectivity index (χ0v) is 15.9. The van der Waals surface area contributed by atoms with Crippen LogP contribution in [0.4, 0.5) is 5.69 Å². The summed E-state index contributed by atoms with van der Waals surface area (Å²) in [6.07, 6.45) is 1.48. The Morgan fingerprint density at radius 3 is 2.62 bits per heavy atom. The summed E-state index contributed by atoms with van der Waals surface area (Å²) in [6.45, 7) is 0.0562. The summed E-state index contributed by atoms with van der Waals surface area (Å²) >= 11 is 6.46. The summed E-state index contributed by atoms with van der Waals surface area (Å²) in [7, 11) is 1.57. The van der Waals surface area contributed by atoms with Crippen molar-refractivity contribution in [1.29, 1.82) is 0 Å². The van der Waals surface area contributed by atoms with E-state index in [2.05, 4.69) is 47.7 Å². The van der Waals surface area contributed by atoms with Crippen LogP contribution in [0.3, 0.4) is 0 Å². The summed E-state index contributed by atoms with van der Waals surface area (Å²) in [5, 5.41) is 16.5. The van der Waals surface area contributed by atoms with Gasteiger partial charge in [0.05, 0.1) is 34.5 Å². The summed E-state index contributed by atoms with van der Waals surface area (Å²) in [5.41, 5.74) is 3.87. The molecule has 0 fully saturated rings. The van der Waals surface area contributed by atoms with Crippen molar-refractivity contribution < 1.29 is 14.6 Å². The Balaban J connectivity index is 1.89. The molecule has 0 spiro atoms. The molecule has 2 aromatic rings. The first-order valence-electron chi connectivity index (χ1n) is 6.88. The number of para-hydroxylation sites is 2. The number of carbonyl (C=O) groups is 1. The zero-order chi connectivity index (χ0) is 17.5. The van der Waals surface area contributed by atoms with Gasteiger partial charge in [0, 0.05) is 0 Å². The molecule has 24 heavy (non-hydrogen) atoms. The van der Waals surface area contributed by atoms with Crippen LogP contribution in [0.15, 0.2) is 50.4 Å². The fraction of sp³-hybridized carbons (Fsp3) is 0.125. The molecule has 0 aliphatic heterocycles. The van der Waals surface area contributed by atoms with Crippen LogP contribution in [0.2, 0.25) is 0 Å². The maximum absolute atomic E-state index is 11.8. The maximum atomic E-state index is 11.8. The third-order valence-corrected chi connectivity index (χ3v) is 4.20. The molecular formula is C16H15Br2N3O3. The van der Waals surface area contributed by atoms with E-state index in [4.69, 9.17) is 4.74 Å². The number of ether oxygens (including phenoxy) is 1. The minimum Gasteiger partial charge on any atom is -0.506 e. The van der Waals surface area contributed by atoms with Crippen LogP contribution in [-0.4, -0.2) is 30.9 Å². The van der Waals surface area contributed by atoms with Crippen LogP contribution in [0, 0.1) is 0 Å². The second-order valence-corrected chi connectivity index (χ2v) is 6.39. The molecule has 0 aliphatic carbocycles. The second kappa shape index (κ2) is 8.70. The Hall–Kier alpha value is -2.06. The molecule has 0 bridgehead atoms. The number of phenols is 1. The minimum absolute atomic E-state index is 0.0562. The van der Waals surface area contributed by atoms with Gasteiger partial charge in [-0.1, -0.05) is 12.1 Å². The molecule has 0 heterocycles. The summed E-state index contributed by atoms with van der Waals surface area (Å²) in [5.74, 6) is 0.471. The molecule has 2 aromatic carbocycles. The van der Waals surface area contributed by atoms with E-state index < -0.39 is 0 Å². The molecule has 0 atom stereocenters. The number of methoxy groups -OCH3 is 1. The molecule has 0 saturated carbocycles. The molecule has 126 valence electrons. The number of benzene rings is 2. The fourth-order valence-electron chi connectivity index (χ4n) is 1.84. The molecule has 0 aromatic heterocycles. The van der Waals surface area contributed by atoms with E-state index in [1.807, 2.05) is 18.2 Å². The number of hydrazone groups is 1. The lowest BCUT2D eigenvalue weighted by atomic mass is 10.2. The predicted octanol–water partition coefficient (Wildman–Crippen LogP) is 3.49. The van der Waals surface area contributed by atoms with Crippen LogP contribution in [0.1, 0.15) is 5.56 Å². The van der Waals surface area contributed by atoms with Gasteiger partial charge >= 0.3 is 0 Å². The van der Waals surface area contributed by atoms with Crippen LogP contribution < -0.4 is 15.5 Å². The van der Waals surface area contributed by atoms with Gasteiger partial charge in [0.2, 0.25) is 0 Å². The summed E-state index contributed by atoms with van der Waals surface area (Å²) < 4.78 is 6.26. The van der Waals surface area contributed by atoms with Crippen molar-refractivity contribution in [2.45, 2.75) is 0 Å². The first kappa shape index (κ1) is 18.3. The number of phenolic OH excluding ortho intramolecular Hbond substituents is 1. The number of nitrogens with zero attached hydrogens (tertiary/aromatic N) is 1. The molecular weight excluding hydrogens is 442 g/mol. The van der Waals surface area contributed by atoms with Gasteiger partial charge in [-0.3, -0.25) is 4.79 Å². The molecule has 0 unspecified atom stereocenters. The Kier molecular flexibility index (Phi) is 6.62. The van der Waals surface area contributed by atoms with Gasteiger partial charge in [-0.05, 0) is 61.7 Å². The van der Waals surface area contributed by atoms with E-state index >= 15 is 0 Å². The van der Waals surface area contributed by atoms with E-state index in [-0.39, 0.29) is 18.2 Å². The first-order valence-corrected chi connectivity index (χ1v) is 8.46. The normalized spacial score (nSPS) is 10.6. The summed E-state index contributed by atoms with van der Waals surface area (Å²) in [6, 6.07) is 10.7. The van der Waals surface area contributed by atoms with E-state index in [0.717, 1.165) is 5.69 Å². The lowest BCUT2D eigenvalue weighted by Gasteiger charge is -2.09. The molecule has 0 radical (unpaired) electrons. The quantitative estimate of drug-likeness (QED) is 0.459. The number of amides is 1. The number of nitrogens with one attached hydrogen (secondary N) is 2. The van der Waals surface area contributed by atoms with Gasteiger partial charge in [-0.2, -0.15) is 5.10 Å². The van der Waals surface area contributed by atoms with Crippen molar-refractivity contribution in [1.82, 2.24) is 5.43 Å². The van der Waals surface area contributed by atoms with Crippen molar-refractivity contribution >= 4 is 49.7 Å². The predicted molar refractivity (Wildman–Crippen MR) is 101 cm³/mol. The molecule has 1 amide bonds. The molecule has 8 heteroatoms. The Morgan fingerprint density at radius 2 is 1.96 bits per heavy atom. The Labute approximate surface area is 156 Å². The van der Waals surface area contributed by atoms with Crippen molar-refractivity contribution in [2.75, 3.05) is 19.0 Å². The topological polar surface area (TPSA) is 83.0 Å². The van der Waals surface area contributed by atoms with Gasteiger partial charge in [0.1, 0.15) is 11.5 Å². The maximum Gasteiger partial charge on any atom is 0.259 e. The van der Waals surface area contributed by atoms with Crippen LogP contribution in [-0.2, 0) is 4.79 Å². The van der Waals surface area contributed by atoms with E-state index in [1.54, 1.807) is 25.3 Å². The zero-order valence-electron chi connectivity index (χ0n) is 12.7. The van der Waals surface area contributed by atoms with Crippen molar-refractivity contribution in [3.63, 3.8) is 0 Å². The SMILES string of the molecule is COc1ccccc1NCC(=O)NN=Cc1cc(Br)c(O)c(Br)c1. The lowest BCUT2D eigenvalue weighted by molar-refractivity contribution is -0.119. The van der Waals surface area contributed by atoms with Crippen LogP contribution in [0.5, 0.6) is 11.5 Å². The standard InChI is InChI=1S/C16H15Br2N3O3/c1-24-14-5-3-2-4-13(14)19-9-15(22)21-20-8-10-6-11(17)16(23)12(18)7-10/h2-8,19,23H,9H2,1H3,(H,21,22). The van der Waals surface area contributed by atoms with Gasteiger partial charge in [0.15, 0.2) is 0 Å². The highest BCUT2D eigenvalue weighted by Gasteiger charge is 2.06. The summed E-state index contributed by atoms with van der Waals surface area (Å²) in [4.78, 5) is 11.8. The number of carbonyl (C=O) groups excluding carboxylic acids is 1. The number of rotatable bonds is 6. The van der Waals surface area contributed by atoms with Gasteiger partial charge in [-0.25, -0.2) is 5.43 Å². The molecule has 3 N–H and O–H groups in total. The van der Waals surface area contributed by atoms with Crippen molar-refractivity contribution in [3.8, 4) is 11.5 Å². The minimum atomic E-state index is -0.297. The third-order valence-electron chi connectivity index (χ3n) is 2.99. The monoisotopic (exact) mass is 455 g/mol. The smallest absolute Gasteiger partial charge is 0.259 e. The molecule has 2 rings (SSSR count). The number of halogens is 2. The third kappa shape index (κ3) is 4.97. The highest BCUT2D eigenvalue weighted by atomic mass is 79.9. The Morgan fingerprint density at radius 1 is 1.29 bits per heavy atom. The van der Waals surface area contributed by atoms with E-state index in [0.29, 0.717) is 20.3 Å². The highest BCUT2D eigenvalue weighted by molar-refractivity contribution is 9.11. The van der Waals surface area contributed by atoms with Gasteiger partial charge in [0.25, 0.3) is 5.91 Å². The highest BCUT2D eigenvalue weighted by Crippen LogP contribution is 2.32. The largest absolute Gasteiger partial charge is 0.506 e. The molecule has 0 aliphatic rings. The van der Waals surface area contributed by atoms with Crippen molar-refractivity contribution in [2.24, 2.45) is 5.10 Å². The lowest BCUT2D eigenvalue weighted by Crippen LogP contribution is -2.26. The van der Waals surface area contributed by atoms with E-state index in [9.17, 15) is 9.90 Å². The fourth-order valence-corrected chi connectivity index (χ4v) is 3.07. The first-order chi connectivity index (χ1) is 11.5. The van der Waals surface area contributed by atoms with Crippen LogP contribution in [0.25, 0.3) is 0 Å². The van der Waals surface area contributed by atoms with Gasteiger partial charge in [-0.15, -0.1) is 0 Å². The molecule has 0 saturated heterocycles. The average molecular weight is 457 g/mol. The number of hydrogen-bond donors (Lipinski definition) is 3. The average Bonchev–Trinajstić information content (AvgIpc) is 2.58. The van der Waals surface area contributed by atoms with Gasteiger partial charge < -0.3 is 15.2 Å². The Bertz CT molecular complexity index is 743. The second-order valence-electron chi connectivity index (χ2n) is 4.68. The van der Waals surface area contributed by atoms with E-state index in [1.165, 1.54) is 6.21 Å². The van der Waals surface area contributed by atoms with Crippen molar-refractivity contribution in [3.05, 3.63) is 50.9 Å². The molecule has 6 nitrogen and oxygen atoms in total. The number of aromatic hydroxyl groups is 1. The number of hydrogen-bond acceptors (Lipinski definition) is 5. The number of anilines is 1.